The molecule has 2 aromatic rings. The maximum Gasteiger partial charge on any atom is 0.411 e. The first-order valence-corrected chi connectivity index (χ1v) is 9.14. The van der Waals surface area contributed by atoms with Crippen LogP contribution in [-0.4, -0.2) is 44.2 Å². The molecule has 1 amide bonds. The maximum absolute atomic E-state index is 11.2. The van der Waals surface area contributed by atoms with Crippen molar-refractivity contribution in [2.24, 2.45) is 4.99 Å². The van der Waals surface area contributed by atoms with Crippen LogP contribution in [0.1, 0.15) is 23.5 Å². The van der Waals surface area contributed by atoms with Gasteiger partial charge in [-0.15, -0.1) is 0 Å². The molecule has 2 aromatic carbocycles. The summed E-state index contributed by atoms with van der Waals surface area (Å²) in [6, 6.07) is 18.3. The molecule has 0 spiro atoms. The zero-order chi connectivity index (χ0) is 19.1. The largest absolute Gasteiger partial charge is 0.453 e. The van der Waals surface area contributed by atoms with Gasteiger partial charge in [-0.2, -0.15) is 0 Å². The maximum atomic E-state index is 11.2. The van der Waals surface area contributed by atoms with E-state index in [-0.39, 0.29) is 0 Å². The highest BCUT2D eigenvalue weighted by Gasteiger charge is 2.25. The van der Waals surface area contributed by atoms with E-state index in [4.69, 9.17) is 0 Å². The summed E-state index contributed by atoms with van der Waals surface area (Å²) in [7, 11) is 3.17. The molecular formula is C21H26N4O2. The van der Waals surface area contributed by atoms with Crippen LogP contribution in [0.2, 0.25) is 0 Å². The van der Waals surface area contributed by atoms with E-state index in [1.54, 1.807) is 0 Å². The average molecular weight is 366 g/mol. The van der Waals surface area contributed by atoms with Crippen LogP contribution >= 0.6 is 0 Å². The lowest BCUT2D eigenvalue weighted by molar-refractivity contribution is 0.187. The summed E-state index contributed by atoms with van der Waals surface area (Å²) in [6.07, 6.45) is 0.668. The second kappa shape index (κ2) is 9.07. The molecule has 6 nitrogen and oxygen atoms in total. The van der Waals surface area contributed by atoms with Gasteiger partial charge in [0.15, 0.2) is 5.96 Å². The molecule has 1 unspecified atom stereocenters. The number of benzene rings is 2. The van der Waals surface area contributed by atoms with Gasteiger partial charge >= 0.3 is 6.09 Å². The predicted octanol–water partition coefficient (Wildman–Crippen LogP) is 3.43. The number of carbonyl (C=O) groups excluding carboxylic acids is 1. The number of carbonyl (C=O) groups is 1. The first-order valence-electron chi connectivity index (χ1n) is 9.14. The van der Waals surface area contributed by atoms with Crippen LogP contribution in [0.5, 0.6) is 0 Å². The number of nitrogens with zero attached hydrogens (tertiary/aromatic N) is 2. The zero-order valence-electron chi connectivity index (χ0n) is 15.8. The molecule has 1 fully saturated rings. The number of likely N-dealkylation sites (tertiary alicyclic amines) is 1. The fourth-order valence-electron chi connectivity index (χ4n) is 3.34. The number of hydrogen-bond donors (Lipinski definition) is 2. The van der Waals surface area contributed by atoms with Crippen LogP contribution in [0.15, 0.2) is 59.6 Å². The lowest BCUT2D eigenvalue weighted by Gasteiger charge is -2.22. The van der Waals surface area contributed by atoms with Crippen molar-refractivity contribution in [1.82, 2.24) is 10.2 Å². The van der Waals surface area contributed by atoms with Gasteiger partial charge in [-0.25, -0.2) is 4.79 Å². The first-order chi connectivity index (χ1) is 13.2. The minimum atomic E-state index is -0.469. The Labute approximate surface area is 160 Å². The number of guanidine groups is 1. The van der Waals surface area contributed by atoms with Gasteiger partial charge in [0.1, 0.15) is 0 Å². The van der Waals surface area contributed by atoms with Gasteiger partial charge < -0.3 is 15.0 Å². The number of amides is 1. The molecule has 1 aliphatic rings. The van der Waals surface area contributed by atoms with Crippen molar-refractivity contribution >= 4 is 17.7 Å². The summed E-state index contributed by atoms with van der Waals surface area (Å²) in [4.78, 5) is 18.0. The molecule has 1 aliphatic heterocycles. The Morgan fingerprint density at radius 2 is 1.93 bits per heavy atom. The Kier molecular flexibility index (Phi) is 6.30. The van der Waals surface area contributed by atoms with Crippen molar-refractivity contribution in [2.45, 2.75) is 18.9 Å². The van der Waals surface area contributed by atoms with Crippen molar-refractivity contribution in [2.75, 3.05) is 32.6 Å². The van der Waals surface area contributed by atoms with Crippen molar-refractivity contribution in [3.05, 3.63) is 65.7 Å². The molecule has 0 aliphatic carbocycles. The molecule has 6 heteroatoms. The van der Waals surface area contributed by atoms with Crippen LogP contribution in [0, 0.1) is 0 Å². The smallest absolute Gasteiger partial charge is 0.411 e. The summed E-state index contributed by atoms with van der Waals surface area (Å²) in [5.41, 5.74) is 3.22. The van der Waals surface area contributed by atoms with Crippen LogP contribution in [0.3, 0.4) is 0 Å². The summed E-state index contributed by atoms with van der Waals surface area (Å²) in [5, 5.41) is 6.08. The topological polar surface area (TPSA) is 66.0 Å². The second-order valence-electron chi connectivity index (χ2n) is 6.56. The molecule has 2 N–H and O–H groups in total. The standard InChI is InChI=1S/C21H26N4O2/c1-22-20(25-13-12-18(15-25)17-6-4-3-5-7-17)23-14-16-8-10-19(11-9-16)24-21(26)27-2/h3-11,18H,12-15H2,1-2H3,(H,22,23)(H,24,26). The summed E-state index contributed by atoms with van der Waals surface area (Å²) < 4.78 is 4.59. The highest BCUT2D eigenvalue weighted by atomic mass is 16.5. The Morgan fingerprint density at radius 3 is 2.59 bits per heavy atom. The van der Waals surface area contributed by atoms with Gasteiger partial charge in [-0.05, 0) is 29.7 Å². The van der Waals surface area contributed by atoms with Gasteiger partial charge in [-0.1, -0.05) is 42.5 Å². The van der Waals surface area contributed by atoms with E-state index in [0.29, 0.717) is 18.2 Å². The zero-order valence-corrected chi connectivity index (χ0v) is 15.8. The van der Waals surface area contributed by atoms with E-state index in [0.717, 1.165) is 31.0 Å². The summed E-state index contributed by atoms with van der Waals surface area (Å²) in [5.74, 6) is 1.47. The number of hydrogen-bond acceptors (Lipinski definition) is 3. The Hall–Kier alpha value is -3.02. The monoisotopic (exact) mass is 366 g/mol. The molecule has 0 bridgehead atoms. The molecule has 1 saturated heterocycles. The Bertz CT molecular complexity index is 775. The van der Waals surface area contributed by atoms with Crippen LogP contribution < -0.4 is 10.6 Å². The van der Waals surface area contributed by atoms with Crippen LogP contribution in [0.4, 0.5) is 10.5 Å². The lowest BCUT2D eigenvalue weighted by atomic mass is 9.99. The number of aliphatic imine (C=N–C) groups is 1. The summed E-state index contributed by atoms with van der Waals surface area (Å²) >= 11 is 0. The molecule has 0 radical (unpaired) electrons. The molecule has 3 rings (SSSR count). The Morgan fingerprint density at radius 1 is 1.19 bits per heavy atom. The molecule has 0 aromatic heterocycles. The van der Waals surface area contributed by atoms with Crippen molar-refractivity contribution in [3.63, 3.8) is 0 Å². The minimum absolute atomic E-state index is 0.469. The van der Waals surface area contributed by atoms with E-state index >= 15 is 0 Å². The third kappa shape index (κ3) is 5.00. The first kappa shape index (κ1) is 18.8. The van der Waals surface area contributed by atoms with Gasteiger partial charge in [-0.3, -0.25) is 10.3 Å². The molecule has 27 heavy (non-hydrogen) atoms. The number of ether oxygens (including phenoxy) is 1. The van der Waals surface area contributed by atoms with Gasteiger partial charge in [0.25, 0.3) is 0 Å². The van der Waals surface area contributed by atoms with E-state index in [2.05, 4.69) is 55.6 Å². The highest BCUT2D eigenvalue weighted by molar-refractivity contribution is 5.84. The van der Waals surface area contributed by atoms with E-state index < -0.39 is 6.09 Å². The molecular weight excluding hydrogens is 340 g/mol. The van der Waals surface area contributed by atoms with Gasteiger partial charge in [0, 0.05) is 38.3 Å². The Balaban J connectivity index is 1.53. The van der Waals surface area contributed by atoms with E-state index in [1.807, 2.05) is 31.3 Å². The molecule has 1 atom stereocenters. The number of nitrogens with one attached hydrogen (secondary N) is 2. The molecule has 142 valence electrons. The predicted molar refractivity (Wildman–Crippen MR) is 108 cm³/mol. The van der Waals surface area contributed by atoms with Crippen molar-refractivity contribution in [3.8, 4) is 0 Å². The highest BCUT2D eigenvalue weighted by Crippen LogP contribution is 2.26. The van der Waals surface area contributed by atoms with Crippen LogP contribution in [-0.2, 0) is 11.3 Å². The SMILES string of the molecule is CN=C(NCc1ccc(NC(=O)OC)cc1)N1CCC(c2ccccc2)C1. The third-order valence-electron chi connectivity index (χ3n) is 4.81. The lowest BCUT2D eigenvalue weighted by Crippen LogP contribution is -2.39. The number of anilines is 1. The van der Waals surface area contributed by atoms with E-state index in [1.165, 1.54) is 12.7 Å². The van der Waals surface area contributed by atoms with E-state index in [9.17, 15) is 4.79 Å². The third-order valence-corrected chi connectivity index (χ3v) is 4.81. The quantitative estimate of drug-likeness (QED) is 0.643. The normalized spacial score (nSPS) is 16.9. The number of rotatable bonds is 4. The van der Waals surface area contributed by atoms with Gasteiger partial charge in [0.05, 0.1) is 7.11 Å². The minimum Gasteiger partial charge on any atom is -0.453 e. The van der Waals surface area contributed by atoms with Crippen molar-refractivity contribution in [1.29, 1.82) is 0 Å². The molecule has 1 heterocycles. The van der Waals surface area contributed by atoms with Crippen LogP contribution in [0.25, 0.3) is 0 Å². The molecule has 0 saturated carbocycles. The second-order valence-corrected chi connectivity index (χ2v) is 6.56. The average Bonchev–Trinajstić information content (AvgIpc) is 3.20. The van der Waals surface area contributed by atoms with Crippen molar-refractivity contribution < 1.29 is 9.53 Å². The fourth-order valence-corrected chi connectivity index (χ4v) is 3.34. The fraction of sp³-hybridized carbons (Fsp3) is 0.333. The summed E-state index contributed by atoms with van der Waals surface area (Å²) in [6.45, 7) is 2.66. The number of methoxy groups -OCH3 is 1. The van der Waals surface area contributed by atoms with Gasteiger partial charge in [0.2, 0.25) is 0 Å².